The van der Waals surface area contributed by atoms with Gasteiger partial charge < -0.3 is 9.88 Å². The molecule has 0 atom stereocenters. The summed E-state index contributed by atoms with van der Waals surface area (Å²) in [4.78, 5) is 16.9. The molecular weight excluding hydrogens is 418 g/mol. The summed E-state index contributed by atoms with van der Waals surface area (Å²) in [6, 6.07) is 15.8. The van der Waals surface area contributed by atoms with E-state index in [1.54, 1.807) is 0 Å². The third-order valence-electron chi connectivity index (χ3n) is 4.78. The molecule has 0 bridgehead atoms. The molecule has 0 aliphatic carbocycles. The highest BCUT2D eigenvalue weighted by Gasteiger charge is 2.14. The van der Waals surface area contributed by atoms with Gasteiger partial charge in [-0.15, -0.1) is 10.2 Å². The van der Waals surface area contributed by atoms with Gasteiger partial charge in [0.15, 0.2) is 5.65 Å². The molecule has 154 valence electrons. The zero-order valence-electron chi connectivity index (χ0n) is 16.6. The lowest BCUT2D eigenvalue weighted by atomic mass is 10.1. The van der Waals surface area contributed by atoms with Crippen LogP contribution in [0.25, 0.3) is 22.1 Å². The van der Waals surface area contributed by atoms with Gasteiger partial charge in [-0.1, -0.05) is 60.6 Å². The van der Waals surface area contributed by atoms with Crippen molar-refractivity contribution >= 4 is 51.3 Å². The second-order valence-corrected chi connectivity index (χ2v) is 8.33. The van der Waals surface area contributed by atoms with Crippen LogP contribution in [0.1, 0.15) is 18.9 Å². The van der Waals surface area contributed by atoms with Crippen LogP contribution in [-0.4, -0.2) is 38.0 Å². The number of thioether (sulfide) groups is 1. The Morgan fingerprint density at radius 1 is 1.13 bits per heavy atom. The monoisotopic (exact) mass is 439 g/mol. The molecule has 4 rings (SSSR count). The second-order valence-electron chi connectivity index (χ2n) is 6.95. The van der Waals surface area contributed by atoms with E-state index in [0.717, 1.165) is 47.0 Å². The molecule has 0 saturated heterocycles. The number of carbonyl (C=O) groups is 1. The standard InChI is InChI=1S/C22H22ClN5OS/c1-2-13-28-18-6-4-3-5-17(18)20-21(28)25-22(27-26-20)30-14-19(29)24-12-11-15-7-9-16(23)10-8-15/h3-10H,2,11-14H2,1H3,(H,24,29). The second kappa shape index (κ2) is 9.45. The Bertz CT molecular complexity index is 1180. The van der Waals surface area contributed by atoms with E-state index in [9.17, 15) is 4.79 Å². The summed E-state index contributed by atoms with van der Waals surface area (Å²) in [6.07, 6.45) is 1.75. The Morgan fingerprint density at radius 3 is 2.73 bits per heavy atom. The van der Waals surface area contributed by atoms with Crippen molar-refractivity contribution in [2.75, 3.05) is 12.3 Å². The molecule has 0 fully saturated rings. The third-order valence-corrected chi connectivity index (χ3v) is 5.87. The number of benzene rings is 2. The van der Waals surface area contributed by atoms with E-state index in [2.05, 4.69) is 33.1 Å². The average molecular weight is 440 g/mol. The number of nitrogens with zero attached hydrogens (tertiary/aromatic N) is 4. The quantitative estimate of drug-likeness (QED) is 0.409. The van der Waals surface area contributed by atoms with Crippen LogP contribution in [0.2, 0.25) is 5.02 Å². The number of aromatic nitrogens is 4. The number of hydrogen-bond acceptors (Lipinski definition) is 5. The molecule has 4 aromatic rings. The van der Waals surface area contributed by atoms with Gasteiger partial charge in [-0.05, 0) is 36.6 Å². The van der Waals surface area contributed by atoms with Gasteiger partial charge in [0.1, 0.15) is 5.52 Å². The molecule has 0 aliphatic rings. The van der Waals surface area contributed by atoms with Gasteiger partial charge in [-0.25, -0.2) is 4.98 Å². The molecule has 2 aromatic heterocycles. The van der Waals surface area contributed by atoms with Crippen molar-refractivity contribution in [3.8, 4) is 0 Å². The van der Waals surface area contributed by atoms with Gasteiger partial charge in [0.25, 0.3) is 0 Å². The van der Waals surface area contributed by atoms with E-state index in [-0.39, 0.29) is 11.7 Å². The molecule has 6 nitrogen and oxygen atoms in total. The first-order valence-electron chi connectivity index (χ1n) is 9.91. The zero-order chi connectivity index (χ0) is 20.9. The summed E-state index contributed by atoms with van der Waals surface area (Å²) in [7, 11) is 0. The van der Waals surface area contributed by atoms with Crippen molar-refractivity contribution in [3.05, 3.63) is 59.1 Å². The van der Waals surface area contributed by atoms with Crippen LogP contribution >= 0.6 is 23.4 Å². The van der Waals surface area contributed by atoms with Crippen LogP contribution < -0.4 is 5.32 Å². The molecule has 0 aliphatic heterocycles. The van der Waals surface area contributed by atoms with Crippen molar-refractivity contribution in [1.29, 1.82) is 0 Å². The molecule has 0 radical (unpaired) electrons. The number of para-hydroxylation sites is 1. The van der Waals surface area contributed by atoms with E-state index in [0.29, 0.717) is 16.7 Å². The van der Waals surface area contributed by atoms with E-state index in [1.807, 2.05) is 42.5 Å². The van der Waals surface area contributed by atoms with Gasteiger partial charge in [-0.2, -0.15) is 0 Å². The smallest absolute Gasteiger partial charge is 0.230 e. The lowest BCUT2D eigenvalue weighted by molar-refractivity contribution is -0.118. The largest absolute Gasteiger partial charge is 0.355 e. The minimum Gasteiger partial charge on any atom is -0.355 e. The Hall–Kier alpha value is -2.64. The molecule has 30 heavy (non-hydrogen) atoms. The molecule has 0 spiro atoms. The molecular formula is C22H22ClN5OS. The van der Waals surface area contributed by atoms with Gasteiger partial charge in [0.2, 0.25) is 11.1 Å². The molecule has 2 aromatic carbocycles. The maximum absolute atomic E-state index is 12.2. The Kier molecular flexibility index (Phi) is 6.50. The first kappa shape index (κ1) is 20.6. The fourth-order valence-electron chi connectivity index (χ4n) is 3.38. The number of nitrogens with one attached hydrogen (secondary N) is 1. The summed E-state index contributed by atoms with van der Waals surface area (Å²) in [5.74, 6) is 0.203. The highest BCUT2D eigenvalue weighted by atomic mass is 35.5. The maximum atomic E-state index is 12.2. The van der Waals surface area contributed by atoms with Gasteiger partial charge in [0.05, 0.1) is 11.3 Å². The molecule has 1 amide bonds. The molecule has 2 heterocycles. The van der Waals surface area contributed by atoms with E-state index in [4.69, 9.17) is 16.6 Å². The molecule has 8 heteroatoms. The number of halogens is 1. The highest BCUT2D eigenvalue weighted by molar-refractivity contribution is 7.99. The SMILES string of the molecule is CCCn1c2ccccc2c2nnc(SCC(=O)NCCc3ccc(Cl)cc3)nc21. The van der Waals surface area contributed by atoms with Crippen LogP contribution in [0.5, 0.6) is 0 Å². The summed E-state index contributed by atoms with van der Waals surface area (Å²) < 4.78 is 2.18. The lowest BCUT2D eigenvalue weighted by Gasteiger charge is -2.06. The normalized spacial score (nSPS) is 11.3. The minimum atomic E-state index is -0.0493. The summed E-state index contributed by atoms with van der Waals surface area (Å²) >= 11 is 7.19. The maximum Gasteiger partial charge on any atom is 0.230 e. The van der Waals surface area contributed by atoms with Crippen molar-refractivity contribution in [3.63, 3.8) is 0 Å². The lowest BCUT2D eigenvalue weighted by Crippen LogP contribution is -2.27. The fraction of sp³-hybridized carbons (Fsp3) is 0.273. The topological polar surface area (TPSA) is 72.7 Å². The van der Waals surface area contributed by atoms with E-state index < -0.39 is 0 Å². The van der Waals surface area contributed by atoms with Crippen molar-refractivity contribution in [1.82, 2.24) is 25.1 Å². The van der Waals surface area contributed by atoms with E-state index in [1.165, 1.54) is 11.8 Å². The van der Waals surface area contributed by atoms with Crippen molar-refractivity contribution < 1.29 is 4.79 Å². The van der Waals surface area contributed by atoms with Gasteiger partial charge in [0, 0.05) is 23.5 Å². The van der Waals surface area contributed by atoms with Crippen LogP contribution in [0.15, 0.2) is 53.7 Å². The molecule has 0 unspecified atom stereocenters. The predicted molar refractivity (Wildman–Crippen MR) is 122 cm³/mol. The van der Waals surface area contributed by atoms with Crippen LogP contribution in [0.3, 0.4) is 0 Å². The number of aryl methyl sites for hydroxylation is 1. The summed E-state index contributed by atoms with van der Waals surface area (Å²) in [5.41, 5.74) is 3.86. The number of carbonyl (C=O) groups excluding carboxylic acids is 1. The highest BCUT2D eigenvalue weighted by Crippen LogP contribution is 2.27. The number of fused-ring (bicyclic) bond motifs is 3. The van der Waals surface area contributed by atoms with Crippen LogP contribution in [-0.2, 0) is 17.8 Å². The first-order valence-corrected chi connectivity index (χ1v) is 11.3. The average Bonchev–Trinajstić information content (AvgIpc) is 3.07. The zero-order valence-corrected chi connectivity index (χ0v) is 18.2. The fourth-order valence-corrected chi connectivity index (χ4v) is 4.12. The predicted octanol–water partition coefficient (Wildman–Crippen LogP) is 4.49. The number of amides is 1. The first-order chi connectivity index (χ1) is 14.7. The van der Waals surface area contributed by atoms with Gasteiger partial charge in [-0.3, -0.25) is 4.79 Å². The molecule has 0 saturated carbocycles. The van der Waals surface area contributed by atoms with Crippen LogP contribution in [0.4, 0.5) is 0 Å². The minimum absolute atomic E-state index is 0.0493. The Morgan fingerprint density at radius 2 is 1.93 bits per heavy atom. The summed E-state index contributed by atoms with van der Waals surface area (Å²) in [6.45, 7) is 3.57. The van der Waals surface area contributed by atoms with E-state index >= 15 is 0 Å². The Labute approximate surface area is 184 Å². The number of hydrogen-bond donors (Lipinski definition) is 1. The Balaban J connectivity index is 1.40. The van der Waals surface area contributed by atoms with Crippen molar-refractivity contribution in [2.45, 2.75) is 31.5 Å². The third kappa shape index (κ3) is 4.57. The van der Waals surface area contributed by atoms with Crippen molar-refractivity contribution in [2.24, 2.45) is 0 Å². The number of rotatable bonds is 8. The van der Waals surface area contributed by atoms with Crippen LogP contribution in [0, 0.1) is 0 Å². The van der Waals surface area contributed by atoms with Gasteiger partial charge >= 0.3 is 0 Å². The molecule has 1 N–H and O–H groups in total. The summed E-state index contributed by atoms with van der Waals surface area (Å²) in [5, 5.41) is 13.8.